The second kappa shape index (κ2) is 5.66. The largest absolute Gasteiger partial charge is 0.384 e. The zero-order chi connectivity index (χ0) is 11.3. The SMILES string of the molecule is COCc1cc(N)nc(CCC(C)C)n1. The Kier molecular flexibility index (Phi) is 4.49. The highest BCUT2D eigenvalue weighted by molar-refractivity contribution is 5.29. The van der Waals surface area contributed by atoms with E-state index in [1.165, 1.54) is 0 Å². The number of anilines is 1. The third kappa shape index (κ3) is 4.25. The maximum absolute atomic E-state index is 5.69. The first-order valence-electron chi connectivity index (χ1n) is 5.23. The van der Waals surface area contributed by atoms with Crippen LogP contribution in [0.5, 0.6) is 0 Å². The van der Waals surface area contributed by atoms with E-state index in [1.54, 1.807) is 13.2 Å². The summed E-state index contributed by atoms with van der Waals surface area (Å²) in [4.78, 5) is 8.58. The van der Waals surface area contributed by atoms with Crippen LogP contribution in [0.3, 0.4) is 0 Å². The Morgan fingerprint density at radius 3 is 2.73 bits per heavy atom. The van der Waals surface area contributed by atoms with Gasteiger partial charge in [-0.2, -0.15) is 0 Å². The monoisotopic (exact) mass is 209 g/mol. The molecule has 0 aromatic carbocycles. The van der Waals surface area contributed by atoms with Gasteiger partial charge in [-0.1, -0.05) is 13.8 Å². The van der Waals surface area contributed by atoms with Crippen LogP contribution in [0, 0.1) is 5.92 Å². The van der Waals surface area contributed by atoms with Gasteiger partial charge in [0.05, 0.1) is 12.3 Å². The fraction of sp³-hybridized carbons (Fsp3) is 0.636. The Morgan fingerprint density at radius 2 is 2.13 bits per heavy atom. The van der Waals surface area contributed by atoms with Crippen molar-refractivity contribution in [3.05, 3.63) is 17.6 Å². The van der Waals surface area contributed by atoms with Crippen molar-refractivity contribution < 1.29 is 4.74 Å². The van der Waals surface area contributed by atoms with Gasteiger partial charge in [-0.05, 0) is 12.3 Å². The molecule has 84 valence electrons. The number of hydrogen-bond donors (Lipinski definition) is 1. The van der Waals surface area contributed by atoms with Gasteiger partial charge < -0.3 is 10.5 Å². The standard InChI is InChI=1S/C11H19N3O/c1-8(2)4-5-11-13-9(7-15-3)6-10(12)14-11/h6,8H,4-5,7H2,1-3H3,(H2,12,13,14). The molecule has 1 aromatic heterocycles. The van der Waals surface area contributed by atoms with Crippen molar-refractivity contribution in [1.82, 2.24) is 9.97 Å². The molecule has 1 heterocycles. The molecule has 2 N–H and O–H groups in total. The van der Waals surface area contributed by atoms with Crippen LogP contribution in [0.1, 0.15) is 31.8 Å². The zero-order valence-corrected chi connectivity index (χ0v) is 9.66. The lowest BCUT2D eigenvalue weighted by atomic mass is 10.1. The van der Waals surface area contributed by atoms with Crippen LogP contribution < -0.4 is 5.73 Å². The van der Waals surface area contributed by atoms with E-state index in [4.69, 9.17) is 10.5 Å². The highest BCUT2D eigenvalue weighted by atomic mass is 16.5. The normalized spacial score (nSPS) is 10.9. The Hall–Kier alpha value is -1.16. The maximum atomic E-state index is 5.69. The number of nitrogens with two attached hydrogens (primary N) is 1. The third-order valence-electron chi connectivity index (χ3n) is 2.08. The van der Waals surface area contributed by atoms with Gasteiger partial charge in [0.1, 0.15) is 11.6 Å². The molecule has 0 saturated heterocycles. The third-order valence-corrected chi connectivity index (χ3v) is 2.08. The number of ether oxygens (including phenoxy) is 1. The van der Waals surface area contributed by atoms with Crippen LogP contribution in [-0.4, -0.2) is 17.1 Å². The predicted octanol–water partition coefficient (Wildman–Crippen LogP) is 1.79. The molecule has 0 spiro atoms. The van der Waals surface area contributed by atoms with E-state index in [-0.39, 0.29) is 0 Å². The van der Waals surface area contributed by atoms with Crippen LogP contribution in [-0.2, 0) is 17.8 Å². The number of nitrogens with zero attached hydrogens (tertiary/aromatic N) is 2. The molecule has 0 saturated carbocycles. The number of aryl methyl sites for hydroxylation is 1. The van der Waals surface area contributed by atoms with Gasteiger partial charge in [-0.15, -0.1) is 0 Å². The first-order valence-corrected chi connectivity index (χ1v) is 5.23. The average Bonchev–Trinajstić information content (AvgIpc) is 2.14. The summed E-state index contributed by atoms with van der Waals surface area (Å²) in [5, 5.41) is 0. The van der Waals surface area contributed by atoms with Gasteiger partial charge >= 0.3 is 0 Å². The van der Waals surface area contributed by atoms with Crippen molar-refractivity contribution in [1.29, 1.82) is 0 Å². The Balaban J connectivity index is 2.70. The van der Waals surface area contributed by atoms with E-state index in [9.17, 15) is 0 Å². The van der Waals surface area contributed by atoms with Crippen LogP contribution in [0.4, 0.5) is 5.82 Å². The highest BCUT2D eigenvalue weighted by Gasteiger charge is 2.03. The van der Waals surface area contributed by atoms with Crippen molar-refractivity contribution in [2.45, 2.75) is 33.3 Å². The summed E-state index contributed by atoms with van der Waals surface area (Å²) >= 11 is 0. The minimum atomic E-state index is 0.487. The molecule has 0 atom stereocenters. The van der Waals surface area contributed by atoms with Crippen molar-refractivity contribution in [3.8, 4) is 0 Å². The second-order valence-electron chi connectivity index (χ2n) is 4.07. The van der Waals surface area contributed by atoms with Crippen molar-refractivity contribution >= 4 is 5.82 Å². The van der Waals surface area contributed by atoms with E-state index in [0.717, 1.165) is 24.4 Å². The lowest BCUT2D eigenvalue weighted by Gasteiger charge is -2.06. The Labute approximate surface area is 90.9 Å². The molecule has 1 rings (SSSR count). The summed E-state index contributed by atoms with van der Waals surface area (Å²) < 4.78 is 5.02. The van der Waals surface area contributed by atoms with Gasteiger partial charge in [0, 0.05) is 19.6 Å². The first-order chi connectivity index (χ1) is 7.11. The van der Waals surface area contributed by atoms with Crippen LogP contribution >= 0.6 is 0 Å². The average molecular weight is 209 g/mol. The summed E-state index contributed by atoms with van der Waals surface area (Å²) in [6, 6.07) is 1.75. The summed E-state index contributed by atoms with van der Waals surface area (Å²) in [5.74, 6) is 1.99. The minimum Gasteiger partial charge on any atom is -0.384 e. The fourth-order valence-electron chi connectivity index (χ4n) is 1.33. The van der Waals surface area contributed by atoms with Gasteiger partial charge in [0.25, 0.3) is 0 Å². The molecule has 4 heteroatoms. The summed E-state index contributed by atoms with van der Waals surface area (Å²) in [5.41, 5.74) is 6.54. The number of methoxy groups -OCH3 is 1. The van der Waals surface area contributed by atoms with E-state index in [1.807, 2.05) is 0 Å². The Bertz CT molecular complexity index is 313. The summed E-state index contributed by atoms with van der Waals surface area (Å²) in [6.45, 7) is 4.85. The van der Waals surface area contributed by atoms with Gasteiger partial charge in [-0.25, -0.2) is 9.97 Å². The number of rotatable bonds is 5. The Morgan fingerprint density at radius 1 is 1.40 bits per heavy atom. The molecule has 0 fully saturated rings. The van der Waals surface area contributed by atoms with Gasteiger partial charge in [-0.3, -0.25) is 0 Å². The predicted molar refractivity (Wildman–Crippen MR) is 60.3 cm³/mol. The molecular weight excluding hydrogens is 190 g/mol. The molecule has 0 aliphatic rings. The lowest BCUT2D eigenvalue weighted by molar-refractivity contribution is 0.181. The molecule has 0 radical (unpaired) electrons. The molecule has 0 aliphatic carbocycles. The van der Waals surface area contributed by atoms with E-state index in [2.05, 4.69) is 23.8 Å². The smallest absolute Gasteiger partial charge is 0.131 e. The van der Waals surface area contributed by atoms with Gasteiger partial charge in [0.2, 0.25) is 0 Å². The van der Waals surface area contributed by atoms with Crippen LogP contribution in [0.15, 0.2) is 6.07 Å². The number of nitrogen functional groups attached to an aromatic ring is 1. The van der Waals surface area contributed by atoms with Crippen molar-refractivity contribution in [2.24, 2.45) is 5.92 Å². The van der Waals surface area contributed by atoms with Crippen LogP contribution in [0.25, 0.3) is 0 Å². The highest BCUT2D eigenvalue weighted by Crippen LogP contribution is 2.09. The summed E-state index contributed by atoms with van der Waals surface area (Å²) in [6.07, 6.45) is 1.95. The molecule has 1 aromatic rings. The number of aromatic nitrogens is 2. The maximum Gasteiger partial charge on any atom is 0.131 e. The molecule has 0 bridgehead atoms. The first kappa shape index (κ1) is 11.9. The molecule has 4 nitrogen and oxygen atoms in total. The van der Waals surface area contributed by atoms with E-state index in [0.29, 0.717) is 18.3 Å². The zero-order valence-electron chi connectivity index (χ0n) is 9.66. The topological polar surface area (TPSA) is 61.0 Å². The summed E-state index contributed by atoms with van der Waals surface area (Å²) in [7, 11) is 1.64. The minimum absolute atomic E-state index is 0.487. The van der Waals surface area contributed by atoms with Gasteiger partial charge in [0.15, 0.2) is 0 Å². The second-order valence-corrected chi connectivity index (χ2v) is 4.07. The lowest BCUT2D eigenvalue weighted by Crippen LogP contribution is -2.05. The van der Waals surface area contributed by atoms with E-state index < -0.39 is 0 Å². The molecule has 0 aliphatic heterocycles. The molecule has 15 heavy (non-hydrogen) atoms. The molecule has 0 unspecified atom stereocenters. The quantitative estimate of drug-likeness (QED) is 0.803. The van der Waals surface area contributed by atoms with Crippen molar-refractivity contribution in [3.63, 3.8) is 0 Å². The molecule has 0 amide bonds. The fourth-order valence-corrected chi connectivity index (χ4v) is 1.33. The molecular formula is C11H19N3O. The van der Waals surface area contributed by atoms with Crippen LogP contribution in [0.2, 0.25) is 0 Å². The number of hydrogen-bond acceptors (Lipinski definition) is 4. The van der Waals surface area contributed by atoms with E-state index >= 15 is 0 Å². The van der Waals surface area contributed by atoms with Crippen molar-refractivity contribution in [2.75, 3.05) is 12.8 Å².